The summed E-state index contributed by atoms with van der Waals surface area (Å²) in [5.41, 5.74) is 20.3. The number of furan rings is 1. The van der Waals surface area contributed by atoms with E-state index in [1.54, 1.807) is 0 Å². The molecule has 3 nitrogen and oxygen atoms in total. The van der Waals surface area contributed by atoms with Crippen LogP contribution in [0.3, 0.4) is 0 Å². The molecule has 0 saturated carbocycles. The number of rotatable bonds is 9. The summed E-state index contributed by atoms with van der Waals surface area (Å²) >= 11 is 0. The molecule has 13 rings (SSSR count). The van der Waals surface area contributed by atoms with E-state index in [1.165, 1.54) is 44.1 Å². The number of nitrogens with zero attached hydrogens (tertiary/aromatic N) is 2. The average Bonchev–Trinajstić information content (AvgIpc) is 3.97. The second-order valence-corrected chi connectivity index (χ2v) is 17.7. The Labute approximate surface area is 401 Å². The van der Waals surface area contributed by atoms with E-state index in [0.717, 1.165) is 78.1 Å². The molecule has 69 heavy (non-hydrogen) atoms. The van der Waals surface area contributed by atoms with Crippen molar-refractivity contribution < 1.29 is 4.42 Å². The van der Waals surface area contributed by atoms with Gasteiger partial charge < -0.3 is 13.9 Å². The van der Waals surface area contributed by atoms with E-state index in [4.69, 9.17) is 4.42 Å². The fourth-order valence-corrected chi connectivity index (χ4v) is 10.2. The van der Waals surface area contributed by atoms with E-state index in [2.05, 4.69) is 264 Å². The lowest BCUT2D eigenvalue weighted by Gasteiger charge is -2.28. The summed E-state index contributed by atoms with van der Waals surface area (Å²) in [7, 11) is 0. The zero-order valence-electron chi connectivity index (χ0n) is 37.7. The molecule has 0 aliphatic rings. The van der Waals surface area contributed by atoms with Gasteiger partial charge in [-0.15, -0.1) is 0 Å². The van der Waals surface area contributed by atoms with Crippen molar-refractivity contribution in [3.8, 4) is 61.3 Å². The molecule has 11 aromatic carbocycles. The van der Waals surface area contributed by atoms with Crippen molar-refractivity contribution in [2.75, 3.05) is 4.90 Å². The van der Waals surface area contributed by atoms with Gasteiger partial charge in [-0.3, -0.25) is 0 Å². The summed E-state index contributed by atoms with van der Waals surface area (Å²) in [5, 5.41) is 4.81. The normalized spacial score (nSPS) is 11.5. The minimum atomic E-state index is 0.904. The van der Waals surface area contributed by atoms with Gasteiger partial charge in [-0.1, -0.05) is 194 Å². The smallest absolute Gasteiger partial charge is 0.136 e. The van der Waals surface area contributed by atoms with Gasteiger partial charge in [0, 0.05) is 44.2 Å². The van der Waals surface area contributed by atoms with Crippen LogP contribution in [0.2, 0.25) is 0 Å². The quantitative estimate of drug-likeness (QED) is 0.144. The predicted octanol–water partition coefficient (Wildman–Crippen LogP) is 18.5. The number of para-hydroxylation sites is 4. The summed E-state index contributed by atoms with van der Waals surface area (Å²) in [4.78, 5) is 2.39. The number of benzene rings is 11. The van der Waals surface area contributed by atoms with Crippen LogP contribution in [0.5, 0.6) is 0 Å². The van der Waals surface area contributed by atoms with Crippen LogP contribution in [-0.2, 0) is 0 Å². The van der Waals surface area contributed by atoms with Crippen LogP contribution < -0.4 is 4.90 Å². The van der Waals surface area contributed by atoms with Crippen molar-refractivity contribution in [1.29, 1.82) is 0 Å². The third-order valence-corrected chi connectivity index (χ3v) is 13.6. The van der Waals surface area contributed by atoms with Gasteiger partial charge in [-0.05, 0) is 123 Å². The highest BCUT2D eigenvalue weighted by atomic mass is 16.3. The lowest BCUT2D eigenvalue weighted by Crippen LogP contribution is -2.11. The van der Waals surface area contributed by atoms with Gasteiger partial charge in [0.05, 0.1) is 16.7 Å². The zero-order valence-corrected chi connectivity index (χ0v) is 37.7. The highest BCUT2D eigenvalue weighted by molar-refractivity contribution is 6.09. The Morgan fingerprint density at radius 2 is 0.754 bits per heavy atom. The highest BCUT2D eigenvalue weighted by Gasteiger charge is 2.19. The van der Waals surface area contributed by atoms with Crippen LogP contribution in [0.15, 0.2) is 271 Å². The second kappa shape index (κ2) is 16.9. The maximum Gasteiger partial charge on any atom is 0.136 e. The Morgan fingerprint density at radius 3 is 1.43 bits per heavy atom. The maximum atomic E-state index is 6.23. The number of hydrogen-bond donors (Lipinski definition) is 0. The van der Waals surface area contributed by atoms with Crippen LogP contribution in [0, 0.1) is 0 Å². The molecule has 0 N–H and O–H groups in total. The molecular formula is C66H44N2O. The fourth-order valence-electron chi connectivity index (χ4n) is 10.2. The third kappa shape index (κ3) is 7.25. The second-order valence-electron chi connectivity index (χ2n) is 17.7. The van der Waals surface area contributed by atoms with Gasteiger partial charge in [-0.25, -0.2) is 0 Å². The van der Waals surface area contributed by atoms with E-state index in [-0.39, 0.29) is 0 Å². The molecule has 0 saturated heterocycles. The topological polar surface area (TPSA) is 21.3 Å². The lowest BCUT2D eigenvalue weighted by molar-refractivity contribution is 0.669. The maximum absolute atomic E-state index is 6.23. The predicted molar refractivity (Wildman–Crippen MR) is 290 cm³/mol. The Bertz CT molecular complexity index is 3940. The monoisotopic (exact) mass is 880 g/mol. The van der Waals surface area contributed by atoms with Crippen molar-refractivity contribution >= 4 is 60.8 Å². The first-order valence-corrected chi connectivity index (χ1v) is 23.6. The molecule has 0 spiro atoms. The molecule has 0 amide bonds. The lowest BCUT2D eigenvalue weighted by atomic mass is 9.98. The molecule has 0 fully saturated rings. The van der Waals surface area contributed by atoms with E-state index < -0.39 is 0 Å². The van der Waals surface area contributed by atoms with Gasteiger partial charge in [0.2, 0.25) is 0 Å². The molecule has 0 unspecified atom stereocenters. The van der Waals surface area contributed by atoms with Crippen molar-refractivity contribution in [2.45, 2.75) is 0 Å². The average molecular weight is 881 g/mol. The highest BCUT2D eigenvalue weighted by Crippen LogP contribution is 2.43. The molecule has 0 aliphatic carbocycles. The summed E-state index contributed by atoms with van der Waals surface area (Å²) in [6.07, 6.45) is 0. The fraction of sp³-hybridized carbons (Fsp3) is 0. The van der Waals surface area contributed by atoms with Crippen LogP contribution in [0.25, 0.3) is 105 Å². The van der Waals surface area contributed by atoms with E-state index in [9.17, 15) is 0 Å². The first-order chi connectivity index (χ1) is 34.2. The molecule has 3 heteroatoms. The standard InChI is InChI=1S/C66H44N2O/c1-2-14-50(15-3-1)57-20-4-8-24-62(57)67(55-18-12-16-51(42-55)48-32-34-49(35-33-48)53-38-41-61-60-23-7-11-27-65(60)69-66(61)44-53)54-39-36-46(37-40-54)45-28-30-47(31-29-45)52-17-13-19-56(43-52)68-63-25-9-5-21-58(63)59-22-6-10-26-64(59)68/h1-44H. The molecule has 2 heterocycles. The van der Waals surface area contributed by atoms with Gasteiger partial charge in [0.15, 0.2) is 0 Å². The Kier molecular flexibility index (Phi) is 9.84. The molecule has 13 aromatic rings. The van der Waals surface area contributed by atoms with Gasteiger partial charge >= 0.3 is 0 Å². The Balaban J connectivity index is 0.820. The van der Waals surface area contributed by atoms with E-state index >= 15 is 0 Å². The van der Waals surface area contributed by atoms with Crippen molar-refractivity contribution in [3.63, 3.8) is 0 Å². The van der Waals surface area contributed by atoms with Gasteiger partial charge in [0.25, 0.3) is 0 Å². The molecule has 2 aromatic heterocycles. The summed E-state index contributed by atoms with van der Waals surface area (Å²) in [5.74, 6) is 0. The molecule has 0 aliphatic heterocycles. The van der Waals surface area contributed by atoms with E-state index in [1.807, 2.05) is 12.1 Å². The molecular weight excluding hydrogens is 837 g/mol. The summed E-state index contributed by atoms with van der Waals surface area (Å²) < 4.78 is 8.61. The first-order valence-electron chi connectivity index (χ1n) is 23.6. The molecule has 324 valence electrons. The summed E-state index contributed by atoms with van der Waals surface area (Å²) in [6.45, 7) is 0. The minimum absolute atomic E-state index is 0.904. The van der Waals surface area contributed by atoms with E-state index in [0.29, 0.717) is 0 Å². The van der Waals surface area contributed by atoms with Crippen molar-refractivity contribution in [1.82, 2.24) is 4.57 Å². The Morgan fingerprint density at radius 1 is 0.275 bits per heavy atom. The van der Waals surface area contributed by atoms with Crippen LogP contribution in [0.1, 0.15) is 0 Å². The SMILES string of the molecule is c1ccc(-c2ccccc2N(c2ccc(-c3ccc(-c4cccc(-n5c6ccccc6c6ccccc65)c4)cc3)cc2)c2cccc(-c3ccc(-c4ccc5c(c4)oc4ccccc45)cc3)c2)cc1. The summed E-state index contributed by atoms with van der Waals surface area (Å²) in [6, 6.07) is 96.1. The van der Waals surface area contributed by atoms with Crippen molar-refractivity contribution in [2.24, 2.45) is 0 Å². The number of hydrogen-bond acceptors (Lipinski definition) is 2. The van der Waals surface area contributed by atoms with Crippen LogP contribution in [0.4, 0.5) is 17.1 Å². The zero-order chi connectivity index (χ0) is 45.7. The molecule has 0 bridgehead atoms. The molecule has 0 radical (unpaired) electrons. The number of anilines is 3. The molecule has 0 atom stereocenters. The largest absolute Gasteiger partial charge is 0.456 e. The number of fused-ring (bicyclic) bond motifs is 6. The third-order valence-electron chi connectivity index (χ3n) is 13.6. The first kappa shape index (κ1) is 40.1. The Hall–Kier alpha value is -9.18. The number of aromatic nitrogens is 1. The van der Waals surface area contributed by atoms with Crippen LogP contribution in [-0.4, -0.2) is 4.57 Å². The van der Waals surface area contributed by atoms with Crippen LogP contribution >= 0.6 is 0 Å². The van der Waals surface area contributed by atoms with Gasteiger partial charge in [0.1, 0.15) is 11.2 Å². The minimum Gasteiger partial charge on any atom is -0.456 e. The van der Waals surface area contributed by atoms with Gasteiger partial charge in [-0.2, -0.15) is 0 Å². The van der Waals surface area contributed by atoms with Crippen molar-refractivity contribution in [3.05, 3.63) is 267 Å².